The largest absolute Gasteiger partial charge is 0.483 e. The van der Waals surface area contributed by atoms with E-state index in [9.17, 15) is 9.59 Å². The van der Waals surface area contributed by atoms with E-state index in [1.165, 1.54) is 4.90 Å². The number of carbonyl (C=O) groups excluding carboxylic acids is 2. The molecule has 1 N–H and O–H groups in total. The quantitative estimate of drug-likeness (QED) is 0.557. The predicted octanol–water partition coefficient (Wildman–Crippen LogP) is 4.67. The molecule has 0 aliphatic heterocycles. The third kappa shape index (κ3) is 6.77. The zero-order valence-corrected chi connectivity index (χ0v) is 19.0. The summed E-state index contributed by atoms with van der Waals surface area (Å²) in [5.41, 5.74) is 2.88. The van der Waals surface area contributed by atoms with Crippen LogP contribution in [0.2, 0.25) is 5.02 Å². The predicted molar refractivity (Wildman–Crippen MR) is 121 cm³/mol. The van der Waals surface area contributed by atoms with Crippen LogP contribution in [0.25, 0.3) is 0 Å². The molecule has 2 rings (SSSR count). The number of nitrogens with zero attached hydrogens (tertiary/aromatic N) is 1. The van der Waals surface area contributed by atoms with E-state index in [-0.39, 0.29) is 25.0 Å². The summed E-state index contributed by atoms with van der Waals surface area (Å²) in [6.45, 7) is 8.41. The van der Waals surface area contributed by atoms with Crippen LogP contribution in [0, 0.1) is 13.8 Å². The summed E-state index contributed by atoms with van der Waals surface area (Å²) in [6.07, 6.45) is 1.88. The van der Waals surface area contributed by atoms with Crippen LogP contribution in [0.3, 0.4) is 0 Å². The summed E-state index contributed by atoms with van der Waals surface area (Å²) in [7, 11) is 0. The average molecular weight is 431 g/mol. The molecule has 0 aliphatic carbocycles. The Kier molecular flexibility index (Phi) is 9.18. The van der Waals surface area contributed by atoms with Gasteiger partial charge in [0, 0.05) is 18.1 Å². The smallest absolute Gasteiger partial charge is 0.261 e. The van der Waals surface area contributed by atoms with E-state index < -0.39 is 6.04 Å². The van der Waals surface area contributed by atoms with Crippen molar-refractivity contribution in [1.29, 1.82) is 0 Å². The molecule has 0 unspecified atom stereocenters. The zero-order chi connectivity index (χ0) is 22.1. The lowest BCUT2D eigenvalue weighted by atomic mass is 10.1. The van der Waals surface area contributed by atoms with Crippen molar-refractivity contribution < 1.29 is 14.3 Å². The van der Waals surface area contributed by atoms with Crippen molar-refractivity contribution in [3.05, 3.63) is 64.2 Å². The highest BCUT2D eigenvalue weighted by Gasteiger charge is 2.27. The Morgan fingerprint density at radius 1 is 1.17 bits per heavy atom. The molecule has 162 valence electrons. The number of rotatable bonds is 10. The zero-order valence-electron chi connectivity index (χ0n) is 18.2. The molecule has 0 aliphatic rings. The lowest BCUT2D eigenvalue weighted by Crippen LogP contribution is -2.49. The van der Waals surface area contributed by atoms with Crippen molar-refractivity contribution in [2.45, 2.75) is 53.1 Å². The van der Waals surface area contributed by atoms with Gasteiger partial charge in [-0.15, -0.1) is 0 Å². The monoisotopic (exact) mass is 430 g/mol. The van der Waals surface area contributed by atoms with E-state index in [0.717, 1.165) is 29.5 Å². The first-order valence-corrected chi connectivity index (χ1v) is 10.7. The molecule has 0 saturated carbocycles. The van der Waals surface area contributed by atoms with Gasteiger partial charge in [-0.25, -0.2) is 0 Å². The molecule has 0 aromatic heterocycles. The lowest BCUT2D eigenvalue weighted by molar-refractivity contribution is -0.142. The Morgan fingerprint density at radius 3 is 2.57 bits per heavy atom. The van der Waals surface area contributed by atoms with Crippen molar-refractivity contribution in [3.8, 4) is 5.75 Å². The lowest BCUT2D eigenvalue weighted by Gasteiger charge is -2.29. The molecule has 0 heterocycles. The number of unbranched alkanes of at least 4 members (excludes halogenated alkanes) is 1. The van der Waals surface area contributed by atoms with Crippen LogP contribution >= 0.6 is 11.6 Å². The van der Waals surface area contributed by atoms with E-state index in [4.69, 9.17) is 16.3 Å². The van der Waals surface area contributed by atoms with Crippen LogP contribution in [0.15, 0.2) is 42.5 Å². The van der Waals surface area contributed by atoms with Crippen molar-refractivity contribution in [2.24, 2.45) is 0 Å². The van der Waals surface area contributed by atoms with Crippen LogP contribution < -0.4 is 10.1 Å². The Morgan fingerprint density at radius 2 is 1.90 bits per heavy atom. The van der Waals surface area contributed by atoms with Crippen LogP contribution in [-0.2, 0) is 16.1 Å². The summed E-state index contributed by atoms with van der Waals surface area (Å²) in [4.78, 5) is 27.2. The van der Waals surface area contributed by atoms with Gasteiger partial charge in [0.15, 0.2) is 6.61 Å². The molecule has 0 saturated heterocycles. The van der Waals surface area contributed by atoms with Gasteiger partial charge in [-0.1, -0.05) is 60.8 Å². The minimum Gasteiger partial charge on any atom is -0.483 e. The summed E-state index contributed by atoms with van der Waals surface area (Å²) in [5.74, 6) is 0.204. The highest BCUT2D eigenvalue weighted by Crippen LogP contribution is 2.21. The second kappa shape index (κ2) is 11.6. The molecule has 0 spiro atoms. The van der Waals surface area contributed by atoms with Gasteiger partial charge in [0.25, 0.3) is 5.91 Å². The van der Waals surface area contributed by atoms with Gasteiger partial charge in [0.2, 0.25) is 5.91 Å². The first-order valence-electron chi connectivity index (χ1n) is 10.3. The number of nitrogens with one attached hydrogen (secondary N) is 1. The SMILES string of the molecule is CCCCNC(=O)[C@H](C)N(Cc1ccccc1Cl)C(=O)COc1ccc(C)cc1C. The third-order valence-corrected chi connectivity index (χ3v) is 5.35. The molecule has 0 bridgehead atoms. The molecule has 6 heteroatoms. The summed E-state index contributed by atoms with van der Waals surface area (Å²) in [5, 5.41) is 3.46. The Balaban J connectivity index is 2.15. The number of aryl methyl sites for hydroxylation is 2. The maximum absolute atomic E-state index is 13.1. The topological polar surface area (TPSA) is 58.6 Å². The maximum atomic E-state index is 13.1. The van der Waals surface area contributed by atoms with Gasteiger partial charge in [-0.3, -0.25) is 9.59 Å². The molecule has 0 fully saturated rings. The average Bonchev–Trinajstić information content (AvgIpc) is 2.72. The highest BCUT2D eigenvalue weighted by atomic mass is 35.5. The fraction of sp³-hybridized carbons (Fsp3) is 0.417. The fourth-order valence-electron chi connectivity index (χ4n) is 3.11. The van der Waals surface area contributed by atoms with Crippen LogP contribution in [-0.4, -0.2) is 35.9 Å². The summed E-state index contributed by atoms with van der Waals surface area (Å²) in [6, 6.07) is 12.5. The number of benzene rings is 2. The van der Waals surface area contributed by atoms with Crippen molar-refractivity contribution >= 4 is 23.4 Å². The third-order valence-electron chi connectivity index (χ3n) is 4.98. The van der Waals surface area contributed by atoms with Gasteiger partial charge in [-0.05, 0) is 50.5 Å². The molecule has 5 nitrogen and oxygen atoms in total. The Hall–Kier alpha value is -2.53. The molecular formula is C24H31ClN2O3. The normalized spacial score (nSPS) is 11.6. The molecular weight excluding hydrogens is 400 g/mol. The Bertz CT molecular complexity index is 869. The van der Waals surface area contributed by atoms with Crippen molar-refractivity contribution in [1.82, 2.24) is 10.2 Å². The second-order valence-corrected chi connectivity index (χ2v) is 7.90. The van der Waals surface area contributed by atoms with E-state index in [0.29, 0.717) is 17.3 Å². The van der Waals surface area contributed by atoms with Gasteiger partial charge in [-0.2, -0.15) is 0 Å². The molecule has 2 aromatic rings. The maximum Gasteiger partial charge on any atom is 0.261 e. The van der Waals surface area contributed by atoms with Gasteiger partial charge >= 0.3 is 0 Å². The summed E-state index contributed by atoms with van der Waals surface area (Å²) >= 11 is 6.30. The van der Waals surface area contributed by atoms with E-state index in [2.05, 4.69) is 12.2 Å². The molecule has 1 atom stereocenters. The molecule has 2 aromatic carbocycles. The second-order valence-electron chi connectivity index (χ2n) is 7.49. The first-order chi connectivity index (χ1) is 14.3. The van der Waals surface area contributed by atoms with Crippen molar-refractivity contribution in [3.63, 3.8) is 0 Å². The standard InChI is InChI=1S/C24H31ClN2O3/c1-5-6-13-26-24(29)19(4)27(15-20-9-7-8-10-21(20)25)23(28)16-30-22-12-11-17(2)14-18(22)3/h7-12,14,19H,5-6,13,15-16H2,1-4H3,(H,26,29)/t19-/m0/s1. The number of hydrogen-bond donors (Lipinski definition) is 1. The minimum absolute atomic E-state index is 0.152. The Labute approximate surface area is 184 Å². The number of halogens is 1. The minimum atomic E-state index is -0.645. The summed E-state index contributed by atoms with van der Waals surface area (Å²) < 4.78 is 5.78. The molecule has 30 heavy (non-hydrogen) atoms. The van der Waals surface area contributed by atoms with Gasteiger partial charge in [0.1, 0.15) is 11.8 Å². The number of carbonyl (C=O) groups is 2. The van der Waals surface area contributed by atoms with E-state index in [1.54, 1.807) is 13.0 Å². The highest BCUT2D eigenvalue weighted by molar-refractivity contribution is 6.31. The fourth-order valence-corrected chi connectivity index (χ4v) is 3.31. The van der Waals surface area contributed by atoms with Gasteiger partial charge < -0.3 is 15.0 Å². The molecule has 2 amide bonds. The number of hydrogen-bond acceptors (Lipinski definition) is 3. The van der Waals surface area contributed by atoms with E-state index in [1.807, 2.05) is 50.2 Å². The van der Waals surface area contributed by atoms with Crippen LogP contribution in [0.4, 0.5) is 0 Å². The van der Waals surface area contributed by atoms with Gasteiger partial charge in [0.05, 0.1) is 0 Å². The number of ether oxygens (including phenoxy) is 1. The van der Waals surface area contributed by atoms with Crippen LogP contribution in [0.1, 0.15) is 43.4 Å². The van der Waals surface area contributed by atoms with Crippen LogP contribution in [0.5, 0.6) is 5.75 Å². The molecule has 0 radical (unpaired) electrons. The van der Waals surface area contributed by atoms with E-state index >= 15 is 0 Å². The first kappa shape index (κ1) is 23.7. The van der Waals surface area contributed by atoms with Crippen molar-refractivity contribution in [2.75, 3.05) is 13.2 Å². The number of amides is 2.